The molecule has 22 heavy (non-hydrogen) atoms. The number of aliphatic carboxylic acids is 1. The van der Waals surface area contributed by atoms with E-state index in [4.69, 9.17) is 5.11 Å². The normalized spacial score (nSPS) is 13.4. The van der Waals surface area contributed by atoms with Gasteiger partial charge in [0, 0.05) is 6.42 Å². The molecule has 0 aromatic carbocycles. The Hall–Kier alpha value is -0.950. The van der Waals surface area contributed by atoms with Crippen LogP contribution in [0, 0.1) is 0 Å². The summed E-state index contributed by atoms with van der Waals surface area (Å²) in [5, 5.41) is 7.99. The van der Waals surface area contributed by atoms with E-state index in [0.717, 1.165) is 32.1 Å². The van der Waals surface area contributed by atoms with Crippen molar-refractivity contribution in [2.45, 2.75) is 82.5 Å². The fraction of sp³-hybridized carbons (Fsp3) is 0.929. The molecule has 0 aliphatic carbocycles. The SMILES string of the molecule is CCCCCCCCCCC(F)(F)C(F)(F)C(F)(F)C(=O)O. The molecule has 0 fully saturated rings. The summed E-state index contributed by atoms with van der Waals surface area (Å²) in [6, 6.07) is 0. The molecule has 0 spiro atoms. The maximum absolute atomic E-state index is 13.2. The van der Waals surface area contributed by atoms with Gasteiger partial charge >= 0.3 is 23.7 Å². The highest BCUT2D eigenvalue weighted by atomic mass is 19.3. The zero-order valence-corrected chi connectivity index (χ0v) is 12.5. The molecule has 0 radical (unpaired) electrons. The Labute approximate surface area is 125 Å². The first-order valence-corrected chi connectivity index (χ1v) is 7.37. The molecule has 0 saturated heterocycles. The lowest BCUT2D eigenvalue weighted by Gasteiger charge is -2.30. The summed E-state index contributed by atoms with van der Waals surface area (Å²) in [5.74, 6) is -20.0. The van der Waals surface area contributed by atoms with Gasteiger partial charge in [-0.05, 0) is 6.42 Å². The van der Waals surface area contributed by atoms with Gasteiger partial charge in [0.1, 0.15) is 0 Å². The van der Waals surface area contributed by atoms with Crippen molar-refractivity contribution in [2.24, 2.45) is 0 Å². The minimum Gasteiger partial charge on any atom is -0.477 e. The van der Waals surface area contributed by atoms with Crippen LogP contribution in [-0.2, 0) is 4.79 Å². The molecule has 0 aliphatic heterocycles. The Morgan fingerprint density at radius 2 is 1.23 bits per heavy atom. The Balaban J connectivity index is 4.26. The maximum atomic E-state index is 13.2. The summed E-state index contributed by atoms with van der Waals surface area (Å²) in [4.78, 5) is 10.1. The molecule has 8 heteroatoms. The lowest BCUT2D eigenvalue weighted by Crippen LogP contribution is -2.57. The molecule has 0 unspecified atom stereocenters. The number of halogens is 6. The third-order valence-corrected chi connectivity index (χ3v) is 3.47. The van der Waals surface area contributed by atoms with Crippen LogP contribution in [-0.4, -0.2) is 28.8 Å². The Kier molecular flexibility index (Phi) is 8.25. The van der Waals surface area contributed by atoms with E-state index in [0.29, 0.717) is 6.42 Å². The lowest BCUT2D eigenvalue weighted by atomic mass is 9.98. The number of alkyl halides is 6. The van der Waals surface area contributed by atoms with Gasteiger partial charge in [0.25, 0.3) is 0 Å². The number of rotatable bonds is 12. The second-order valence-electron chi connectivity index (χ2n) is 5.38. The first-order valence-electron chi connectivity index (χ1n) is 7.37. The first kappa shape index (κ1) is 21.0. The fourth-order valence-corrected chi connectivity index (χ4v) is 2.00. The van der Waals surface area contributed by atoms with E-state index in [1.54, 1.807) is 0 Å². The highest BCUT2D eigenvalue weighted by Gasteiger charge is 2.74. The topological polar surface area (TPSA) is 37.3 Å². The predicted molar refractivity (Wildman–Crippen MR) is 69.7 cm³/mol. The standard InChI is InChI=1S/C14H22F6O2/c1-2-3-4-5-6-7-8-9-10-12(15,16)14(19,20)13(17,18)11(21)22/h2-10H2,1H3,(H,21,22). The van der Waals surface area contributed by atoms with Crippen LogP contribution in [0.15, 0.2) is 0 Å². The van der Waals surface area contributed by atoms with Crippen molar-refractivity contribution in [1.29, 1.82) is 0 Å². The van der Waals surface area contributed by atoms with E-state index in [9.17, 15) is 31.1 Å². The lowest BCUT2D eigenvalue weighted by molar-refractivity contribution is -0.305. The Morgan fingerprint density at radius 1 is 0.818 bits per heavy atom. The fourth-order valence-electron chi connectivity index (χ4n) is 2.00. The Bertz CT molecular complexity index is 344. The van der Waals surface area contributed by atoms with Crippen molar-refractivity contribution >= 4 is 5.97 Å². The van der Waals surface area contributed by atoms with Crippen molar-refractivity contribution in [1.82, 2.24) is 0 Å². The first-order chi connectivity index (χ1) is 10.0. The predicted octanol–water partition coefficient (Wildman–Crippen LogP) is 5.51. The molecule has 0 atom stereocenters. The largest absolute Gasteiger partial charge is 0.477 e. The van der Waals surface area contributed by atoms with Crippen molar-refractivity contribution < 1.29 is 36.2 Å². The third-order valence-electron chi connectivity index (χ3n) is 3.47. The van der Waals surface area contributed by atoms with E-state index in [1.807, 2.05) is 6.92 Å². The molecule has 0 aliphatic rings. The molecule has 0 amide bonds. The molecular formula is C14H22F6O2. The van der Waals surface area contributed by atoms with E-state index >= 15 is 0 Å². The monoisotopic (exact) mass is 336 g/mol. The molecule has 0 bridgehead atoms. The van der Waals surface area contributed by atoms with E-state index in [-0.39, 0.29) is 12.8 Å². The molecule has 0 saturated carbocycles. The summed E-state index contributed by atoms with van der Waals surface area (Å²) >= 11 is 0. The summed E-state index contributed by atoms with van der Waals surface area (Å²) < 4.78 is 78.1. The number of hydrogen-bond acceptors (Lipinski definition) is 1. The third kappa shape index (κ3) is 5.35. The van der Waals surface area contributed by atoms with Crippen LogP contribution in [0.25, 0.3) is 0 Å². The summed E-state index contributed by atoms with van der Waals surface area (Å²) in [6.07, 6.45) is 3.77. The molecule has 132 valence electrons. The van der Waals surface area contributed by atoms with Crippen molar-refractivity contribution in [3.8, 4) is 0 Å². The van der Waals surface area contributed by atoms with Crippen molar-refractivity contribution in [3.05, 3.63) is 0 Å². The summed E-state index contributed by atoms with van der Waals surface area (Å²) in [6.45, 7) is 2.04. The van der Waals surface area contributed by atoms with Gasteiger partial charge in [-0.15, -0.1) is 0 Å². The number of carbonyl (C=O) groups is 1. The van der Waals surface area contributed by atoms with Crippen LogP contribution in [0.2, 0.25) is 0 Å². The van der Waals surface area contributed by atoms with Gasteiger partial charge in [0.2, 0.25) is 0 Å². The molecule has 0 aromatic heterocycles. The minimum absolute atomic E-state index is 0.219. The van der Waals surface area contributed by atoms with Gasteiger partial charge in [-0.1, -0.05) is 51.9 Å². The minimum atomic E-state index is -5.91. The second kappa shape index (κ2) is 8.62. The van der Waals surface area contributed by atoms with Crippen molar-refractivity contribution in [2.75, 3.05) is 0 Å². The van der Waals surface area contributed by atoms with E-state index in [2.05, 4.69) is 0 Å². The second-order valence-corrected chi connectivity index (χ2v) is 5.38. The highest BCUT2D eigenvalue weighted by Crippen LogP contribution is 2.48. The van der Waals surface area contributed by atoms with Gasteiger partial charge in [-0.25, -0.2) is 4.79 Å². The number of unbranched alkanes of at least 4 members (excludes halogenated alkanes) is 7. The van der Waals surface area contributed by atoms with Crippen LogP contribution < -0.4 is 0 Å². The quantitative estimate of drug-likeness (QED) is 0.377. The van der Waals surface area contributed by atoms with Crippen LogP contribution in [0.5, 0.6) is 0 Å². The zero-order chi connectivity index (χ0) is 17.4. The zero-order valence-electron chi connectivity index (χ0n) is 12.5. The number of carboxylic acid groups (broad SMARTS) is 1. The van der Waals surface area contributed by atoms with Crippen molar-refractivity contribution in [3.63, 3.8) is 0 Å². The molecule has 0 aromatic rings. The van der Waals surface area contributed by atoms with Gasteiger partial charge in [-0.2, -0.15) is 26.3 Å². The van der Waals surface area contributed by atoms with E-state index < -0.39 is 30.2 Å². The summed E-state index contributed by atoms with van der Waals surface area (Å²) in [7, 11) is 0. The highest BCUT2D eigenvalue weighted by molar-refractivity contribution is 5.77. The average molecular weight is 336 g/mol. The molecule has 0 heterocycles. The average Bonchev–Trinajstić information content (AvgIpc) is 2.41. The smallest absolute Gasteiger partial charge is 0.410 e. The van der Waals surface area contributed by atoms with Crippen LogP contribution in [0.3, 0.4) is 0 Å². The van der Waals surface area contributed by atoms with Gasteiger partial charge in [0.15, 0.2) is 0 Å². The van der Waals surface area contributed by atoms with Crippen LogP contribution >= 0.6 is 0 Å². The molecule has 2 nitrogen and oxygen atoms in total. The Morgan fingerprint density at radius 3 is 1.64 bits per heavy atom. The van der Waals surface area contributed by atoms with Crippen LogP contribution in [0.1, 0.15) is 64.7 Å². The number of carboxylic acids is 1. The van der Waals surface area contributed by atoms with Gasteiger partial charge < -0.3 is 5.11 Å². The molecular weight excluding hydrogens is 314 g/mol. The maximum Gasteiger partial charge on any atom is 0.410 e. The molecule has 0 rings (SSSR count). The summed E-state index contributed by atoms with van der Waals surface area (Å²) in [5.41, 5.74) is 0. The molecule has 1 N–H and O–H groups in total. The van der Waals surface area contributed by atoms with E-state index in [1.165, 1.54) is 0 Å². The van der Waals surface area contributed by atoms with Crippen LogP contribution in [0.4, 0.5) is 26.3 Å². The van der Waals surface area contributed by atoms with Gasteiger partial charge in [-0.3, -0.25) is 0 Å². The van der Waals surface area contributed by atoms with Gasteiger partial charge in [0.05, 0.1) is 0 Å². The number of hydrogen-bond donors (Lipinski definition) is 1.